The molecule has 0 saturated heterocycles. The molecule has 0 unspecified atom stereocenters. The van der Waals surface area contributed by atoms with Gasteiger partial charge >= 0.3 is 33.0 Å². The predicted octanol–water partition coefficient (Wildman–Crippen LogP) is 9.92. The zero-order valence-corrected chi connectivity index (χ0v) is 25.6. The Kier molecular flexibility index (Phi) is 10.8. The first-order valence-electron chi connectivity index (χ1n) is 12.7. The fraction of sp³-hybridized carbons (Fsp3) is 0.500. The molecule has 0 amide bonds. The molecule has 1 saturated carbocycles. The molecule has 0 spiro atoms. The van der Waals surface area contributed by atoms with Crippen LogP contribution in [-0.2, 0) is 27.9 Å². The van der Waals surface area contributed by atoms with E-state index in [0.29, 0.717) is 0 Å². The Morgan fingerprint density at radius 1 is 0.675 bits per heavy atom. The first-order valence-corrected chi connectivity index (χ1v) is 14.7. The molecule has 3 rings (SSSR count). The molecule has 2 aromatic carbocycles. The minimum Gasteiger partial charge on any atom is 0 e. The van der Waals surface area contributed by atoms with E-state index in [1.54, 1.807) is 24.6 Å². The molecule has 1 fully saturated rings. The van der Waals surface area contributed by atoms with Crippen LogP contribution >= 0.6 is 7.81 Å². The normalized spacial score (nSPS) is 20.3. The summed E-state index contributed by atoms with van der Waals surface area (Å²) in [5.41, 5.74) is 3.87. The Morgan fingerprint density at radius 3 is 1.25 bits per heavy atom. The molecule has 4 nitrogen and oxygen atoms in total. The maximum Gasteiger partial charge on any atom is 0 e. The maximum absolute atomic E-state index is 10.7. The Balaban J connectivity index is 0.000000886. The van der Waals surface area contributed by atoms with Gasteiger partial charge in [-0.1, -0.05) is 66.5 Å². The van der Waals surface area contributed by atoms with Gasteiger partial charge in [0.1, 0.15) is 11.5 Å². The van der Waals surface area contributed by atoms with E-state index >= 15 is 0 Å². The Bertz CT molecular complexity index is 1130. The first kappa shape index (κ1) is 35.9. The molecule has 2 atom stereocenters. The largest absolute Gasteiger partial charge is 0 e. The van der Waals surface area contributed by atoms with Gasteiger partial charge in [-0.05, 0) is 59.1 Å². The topological polar surface area (TPSA) is 65.2 Å². The van der Waals surface area contributed by atoms with E-state index in [4.69, 9.17) is 9.98 Å². The van der Waals surface area contributed by atoms with E-state index in [1.165, 1.54) is 11.1 Å². The molecule has 40 heavy (non-hydrogen) atoms. The van der Waals surface area contributed by atoms with Crippen molar-refractivity contribution >= 4 is 20.2 Å². The van der Waals surface area contributed by atoms with Crippen molar-refractivity contribution in [3.8, 4) is 11.5 Å². The summed E-state index contributed by atoms with van der Waals surface area (Å²) < 4.78 is 59.2. The quantitative estimate of drug-likeness (QED) is 0.152. The van der Waals surface area contributed by atoms with Crippen LogP contribution in [0.4, 0.5) is 25.2 Å². The standard InChI is InChI=1S/C28H38N2O2.F6P.Mn/c1-27(2,3)21-11-13-25(31)19(15-21)17-29-23-9-7-8-10-24(23)30-18-20-16-22(28(4,5)6)12-14-26(20)32;1-7(2,3,4,5)6;/h11-18,23-24,31-32H,7-10H2,1-6H3;;/q;-1;/t23-,24-;;/m1../s1. The molecule has 0 aromatic heterocycles. The van der Waals surface area contributed by atoms with E-state index in [9.17, 15) is 35.4 Å². The summed E-state index contributed by atoms with van der Waals surface area (Å²) in [5.74, 6) is 0.503. The molecule has 1 aliphatic rings. The van der Waals surface area contributed by atoms with Gasteiger partial charge < -0.3 is 10.2 Å². The second kappa shape index (κ2) is 12.0. The van der Waals surface area contributed by atoms with Crippen molar-refractivity contribution in [2.45, 2.75) is 90.1 Å². The average molecular weight is 635 g/mol. The number of aliphatic imine (C=N–C) groups is 2. The number of halogens is 6. The predicted molar refractivity (Wildman–Crippen MR) is 148 cm³/mol. The zero-order valence-electron chi connectivity index (χ0n) is 23.5. The van der Waals surface area contributed by atoms with Gasteiger partial charge in [-0.15, -0.1) is 0 Å². The number of hydrogen-bond donors (Lipinski definition) is 2. The molecular formula is C28H38F6MnN2O2P-. The summed E-state index contributed by atoms with van der Waals surface area (Å²) in [6.45, 7) is 13.0. The second-order valence-corrected chi connectivity index (χ2v) is 13.9. The number of nitrogens with zero attached hydrogens (tertiary/aromatic N) is 2. The number of aromatic hydroxyl groups is 2. The van der Waals surface area contributed by atoms with Crippen molar-refractivity contribution < 1.29 is 52.5 Å². The van der Waals surface area contributed by atoms with Crippen molar-refractivity contribution in [2.24, 2.45) is 9.98 Å². The number of hydrogen-bond acceptors (Lipinski definition) is 4. The summed E-state index contributed by atoms with van der Waals surface area (Å²) >= 11 is 0. The monoisotopic (exact) mass is 634 g/mol. The van der Waals surface area contributed by atoms with Crippen LogP contribution in [0.5, 0.6) is 11.5 Å². The Hall–Kier alpha value is -2.09. The van der Waals surface area contributed by atoms with Crippen LogP contribution in [0.1, 0.15) is 89.5 Å². The van der Waals surface area contributed by atoms with E-state index in [-0.39, 0.29) is 51.5 Å². The van der Waals surface area contributed by atoms with Crippen LogP contribution < -0.4 is 0 Å². The second-order valence-electron chi connectivity index (χ2n) is 12.0. The Labute approximate surface area is 242 Å². The van der Waals surface area contributed by atoms with Crippen molar-refractivity contribution in [1.29, 1.82) is 0 Å². The summed E-state index contributed by atoms with van der Waals surface area (Å²) in [6.07, 6.45) is 7.83. The molecule has 0 heterocycles. The summed E-state index contributed by atoms with van der Waals surface area (Å²) in [4.78, 5) is 9.70. The number of benzene rings is 2. The van der Waals surface area contributed by atoms with Gasteiger partial charge in [-0.2, -0.15) is 0 Å². The third-order valence-corrected chi connectivity index (χ3v) is 6.29. The minimum atomic E-state index is -10.7. The van der Waals surface area contributed by atoms with Crippen LogP contribution in [-0.4, -0.2) is 34.7 Å². The minimum absolute atomic E-state index is 0. The van der Waals surface area contributed by atoms with E-state index in [0.717, 1.165) is 36.8 Å². The van der Waals surface area contributed by atoms with Crippen LogP contribution in [0, 0.1) is 0 Å². The summed E-state index contributed by atoms with van der Waals surface area (Å²) in [5, 5.41) is 20.6. The molecule has 227 valence electrons. The average Bonchev–Trinajstić information content (AvgIpc) is 2.75. The molecule has 2 aromatic rings. The van der Waals surface area contributed by atoms with E-state index in [2.05, 4.69) is 41.5 Å². The van der Waals surface area contributed by atoms with Gasteiger partial charge in [0.15, 0.2) is 0 Å². The van der Waals surface area contributed by atoms with Gasteiger partial charge in [0.25, 0.3) is 0 Å². The van der Waals surface area contributed by atoms with Crippen molar-refractivity contribution in [3.63, 3.8) is 0 Å². The molecule has 2 N–H and O–H groups in total. The van der Waals surface area contributed by atoms with E-state index < -0.39 is 7.81 Å². The molecular weight excluding hydrogens is 596 g/mol. The molecule has 0 aliphatic heterocycles. The third kappa shape index (κ3) is 13.5. The number of phenols is 2. The summed E-state index contributed by atoms with van der Waals surface area (Å²) in [6, 6.07) is 11.6. The SMILES string of the molecule is CC(C)(C)c1ccc(O)c(C=N[C@@H]2CCCC[C@H]2N=Cc2cc(C(C)(C)C)ccc2O)c1.F[P-](F)(F)(F)(F)F.[Mn]. The third-order valence-electron chi connectivity index (χ3n) is 6.29. The van der Waals surface area contributed by atoms with E-state index in [1.807, 2.05) is 24.3 Å². The van der Waals surface area contributed by atoms with Crippen LogP contribution in [0.25, 0.3) is 0 Å². The number of rotatable bonds is 4. The van der Waals surface area contributed by atoms with Crippen LogP contribution in [0.3, 0.4) is 0 Å². The first-order chi connectivity index (χ1) is 17.4. The smallest absolute Gasteiger partial charge is 0 e. The van der Waals surface area contributed by atoms with Gasteiger partial charge in [-0.3, -0.25) is 9.98 Å². The zero-order chi connectivity index (χ0) is 29.9. The molecule has 1 aliphatic carbocycles. The van der Waals surface area contributed by atoms with Crippen molar-refractivity contribution in [1.82, 2.24) is 0 Å². The van der Waals surface area contributed by atoms with Crippen LogP contribution in [0.15, 0.2) is 46.4 Å². The number of phenolic OH excluding ortho intramolecular Hbond substituents is 2. The summed E-state index contributed by atoms with van der Waals surface area (Å²) in [7, 11) is -10.7. The van der Waals surface area contributed by atoms with Crippen molar-refractivity contribution in [3.05, 3.63) is 58.7 Å². The van der Waals surface area contributed by atoms with Gasteiger partial charge in [0.2, 0.25) is 0 Å². The van der Waals surface area contributed by atoms with Gasteiger partial charge in [-0.25, -0.2) is 0 Å². The fourth-order valence-electron chi connectivity index (χ4n) is 4.04. The molecule has 12 heteroatoms. The van der Waals surface area contributed by atoms with Gasteiger partial charge in [0.05, 0.1) is 12.1 Å². The van der Waals surface area contributed by atoms with Crippen molar-refractivity contribution in [2.75, 3.05) is 0 Å². The molecule has 1 radical (unpaired) electrons. The fourth-order valence-corrected chi connectivity index (χ4v) is 4.04. The van der Waals surface area contributed by atoms with Gasteiger partial charge in [0, 0.05) is 40.6 Å². The molecule has 0 bridgehead atoms. The maximum atomic E-state index is 10.3. The Morgan fingerprint density at radius 2 is 0.975 bits per heavy atom. The van der Waals surface area contributed by atoms with Crippen LogP contribution in [0.2, 0.25) is 0 Å².